The minimum atomic E-state index is 0.457. The van der Waals surface area contributed by atoms with Gasteiger partial charge in [0.15, 0.2) is 0 Å². The summed E-state index contributed by atoms with van der Waals surface area (Å²) in [6.45, 7) is 4.95. The van der Waals surface area contributed by atoms with E-state index in [1.807, 2.05) is 0 Å². The Balaban J connectivity index is 2.24. The number of terminal acetylenes is 1. The Kier molecular flexibility index (Phi) is 2.62. The van der Waals surface area contributed by atoms with Crippen molar-refractivity contribution in [3.63, 3.8) is 0 Å². The number of quaternary nitrogens is 1. The van der Waals surface area contributed by atoms with Crippen molar-refractivity contribution >= 4 is 5.57 Å². The largest absolute Gasteiger partial charge is 0.321 e. The molecule has 1 aromatic rings. The van der Waals surface area contributed by atoms with Crippen molar-refractivity contribution in [3.8, 4) is 12.3 Å². The first kappa shape index (κ1) is 10.0. The maximum Gasteiger partial charge on any atom is 0.139 e. The minimum absolute atomic E-state index is 0.457. The van der Waals surface area contributed by atoms with Crippen molar-refractivity contribution in [2.45, 2.75) is 12.5 Å². The van der Waals surface area contributed by atoms with Gasteiger partial charge in [0.2, 0.25) is 0 Å². The fourth-order valence-corrected chi connectivity index (χ4v) is 2.30. The summed E-state index contributed by atoms with van der Waals surface area (Å²) in [5, 5.41) is 0. The zero-order valence-electron chi connectivity index (χ0n) is 9.09. The molecule has 1 aliphatic carbocycles. The van der Waals surface area contributed by atoms with Gasteiger partial charge in [0, 0.05) is 12.0 Å². The van der Waals surface area contributed by atoms with Crippen LogP contribution in [0.5, 0.6) is 0 Å². The molecule has 1 aromatic carbocycles. The predicted molar refractivity (Wildman–Crippen MR) is 63.6 cm³/mol. The summed E-state index contributed by atoms with van der Waals surface area (Å²) in [7, 11) is 2.14. The van der Waals surface area contributed by atoms with Gasteiger partial charge in [-0.2, -0.15) is 0 Å². The molecule has 0 fully saturated rings. The molecular weight excluding hydrogens is 182 g/mol. The van der Waals surface area contributed by atoms with Crippen molar-refractivity contribution in [2.75, 3.05) is 13.6 Å². The second-order valence-corrected chi connectivity index (χ2v) is 4.17. The molecule has 0 bridgehead atoms. The highest BCUT2D eigenvalue weighted by atomic mass is 15.1. The fourth-order valence-electron chi connectivity index (χ4n) is 2.30. The zero-order chi connectivity index (χ0) is 10.8. The van der Waals surface area contributed by atoms with E-state index in [9.17, 15) is 0 Å². The standard InChI is InChI=1S/C14H15N/c1-4-9-15(3)14-10-12-7-5-6-8-13(12)11(14)2/h1,5-8,14H,2,9-10H2,3H3/p+1. The maximum atomic E-state index is 5.35. The molecule has 0 amide bonds. The Hall–Kier alpha value is -1.52. The third-order valence-corrected chi connectivity index (χ3v) is 3.18. The molecule has 0 saturated carbocycles. The lowest BCUT2D eigenvalue weighted by Crippen LogP contribution is -3.13. The van der Waals surface area contributed by atoms with E-state index >= 15 is 0 Å². The van der Waals surface area contributed by atoms with Gasteiger partial charge in [0.25, 0.3) is 0 Å². The molecule has 1 nitrogen and oxygen atoms in total. The molecular formula is C14H16N+. The molecule has 2 rings (SSSR count). The molecule has 1 N–H and O–H groups in total. The molecule has 0 aromatic heterocycles. The van der Waals surface area contributed by atoms with Crippen LogP contribution < -0.4 is 4.90 Å². The van der Waals surface area contributed by atoms with Crippen LogP contribution in [-0.4, -0.2) is 19.6 Å². The van der Waals surface area contributed by atoms with Crippen molar-refractivity contribution in [2.24, 2.45) is 0 Å². The average Bonchev–Trinajstić information content (AvgIpc) is 2.57. The van der Waals surface area contributed by atoms with Crippen molar-refractivity contribution in [1.82, 2.24) is 0 Å². The normalized spacial score (nSPS) is 20.8. The van der Waals surface area contributed by atoms with Crippen LogP contribution in [-0.2, 0) is 6.42 Å². The smallest absolute Gasteiger partial charge is 0.139 e. The van der Waals surface area contributed by atoms with Gasteiger partial charge in [-0.1, -0.05) is 30.8 Å². The van der Waals surface area contributed by atoms with Crippen molar-refractivity contribution < 1.29 is 4.90 Å². The first-order valence-electron chi connectivity index (χ1n) is 5.27. The van der Waals surface area contributed by atoms with Gasteiger partial charge >= 0.3 is 0 Å². The van der Waals surface area contributed by atoms with Crippen LogP contribution in [0.1, 0.15) is 11.1 Å². The van der Waals surface area contributed by atoms with Crippen LogP contribution in [0.25, 0.3) is 5.57 Å². The van der Waals surface area contributed by atoms with Gasteiger partial charge in [-0.15, -0.1) is 6.42 Å². The summed E-state index contributed by atoms with van der Waals surface area (Å²) in [6, 6.07) is 8.96. The first-order valence-corrected chi connectivity index (χ1v) is 5.27. The number of hydrogen-bond acceptors (Lipinski definition) is 0. The highest BCUT2D eigenvalue weighted by molar-refractivity contribution is 5.73. The summed E-state index contributed by atoms with van der Waals surface area (Å²) < 4.78 is 0. The molecule has 2 unspecified atom stereocenters. The number of rotatable bonds is 2. The molecule has 0 heterocycles. The molecule has 2 atom stereocenters. The zero-order valence-corrected chi connectivity index (χ0v) is 9.09. The molecule has 15 heavy (non-hydrogen) atoms. The molecule has 0 aliphatic heterocycles. The van der Waals surface area contributed by atoms with Crippen LogP contribution in [0.4, 0.5) is 0 Å². The number of nitrogens with one attached hydrogen (secondary N) is 1. The van der Waals surface area contributed by atoms with Crippen LogP contribution in [0.3, 0.4) is 0 Å². The van der Waals surface area contributed by atoms with E-state index < -0.39 is 0 Å². The Morgan fingerprint density at radius 2 is 2.27 bits per heavy atom. The fraction of sp³-hybridized carbons (Fsp3) is 0.286. The van der Waals surface area contributed by atoms with E-state index in [1.54, 1.807) is 0 Å². The SMILES string of the molecule is C#CC[NH+](C)C1Cc2ccccc2C1=C. The van der Waals surface area contributed by atoms with Crippen molar-refractivity contribution in [3.05, 3.63) is 42.0 Å². The third kappa shape index (κ3) is 1.69. The Morgan fingerprint density at radius 1 is 1.53 bits per heavy atom. The van der Waals surface area contributed by atoms with E-state index in [-0.39, 0.29) is 0 Å². The summed E-state index contributed by atoms with van der Waals surface area (Å²) >= 11 is 0. The number of benzene rings is 1. The lowest BCUT2D eigenvalue weighted by molar-refractivity contribution is -0.888. The lowest BCUT2D eigenvalue weighted by Gasteiger charge is -2.19. The lowest BCUT2D eigenvalue weighted by atomic mass is 10.1. The summed E-state index contributed by atoms with van der Waals surface area (Å²) in [4.78, 5) is 1.36. The van der Waals surface area contributed by atoms with Crippen LogP contribution in [0, 0.1) is 12.3 Å². The van der Waals surface area contributed by atoms with Gasteiger partial charge < -0.3 is 4.90 Å². The second-order valence-electron chi connectivity index (χ2n) is 4.17. The van der Waals surface area contributed by atoms with Crippen LogP contribution in [0.2, 0.25) is 0 Å². The summed E-state index contributed by atoms with van der Waals surface area (Å²) in [6.07, 6.45) is 6.42. The molecule has 0 spiro atoms. The number of fused-ring (bicyclic) bond motifs is 1. The van der Waals surface area contributed by atoms with Gasteiger partial charge in [-0.05, 0) is 17.0 Å². The van der Waals surface area contributed by atoms with E-state index in [2.05, 4.69) is 43.8 Å². The number of likely N-dealkylation sites (N-methyl/N-ethyl adjacent to an activating group) is 1. The highest BCUT2D eigenvalue weighted by Crippen LogP contribution is 2.29. The van der Waals surface area contributed by atoms with Gasteiger partial charge in [0.05, 0.1) is 7.05 Å². The van der Waals surface area contributed by atoms with Gasteiger partial charge in [-0.25, -0.2) is 0 Å². The first-order chi connectivity index (χ1) is 7.24. The van der Waals surface area contributed by atoms with E-state index in [0.717, 1.165) is 13.0 Å². The van der Waals surface area contributed by atoms with Crippen LogP contribution >= 0.6 is 0 Å². The quantitative estimate of drug-likeness (QED) is 0.670. The maximum absolute atomic E-state index is 5.35. The monoisotopic (exact) mass is 198 g/mol. The Morgan fingerprint density at radius 3 is 2.93 bits per heavy atom. The van der Waals surface area contributed by atoms with E-state index in [1.165, 1.54) is 21.6 Å². The highest BCUT2D eigenvalue weighted by Gasteiger charge is 2.30. The topological polar surface area (TPSA) is 4.44 Å². The second kappa shape index (κ2) is 3.92. The third-order valence-electron chi connectivity index (χ3n) is 3.18. The van der Waals surface area contributed by atoms with Gasteiger partial charge in [-0.3, -0.25) is 0 Å². The van der Waals surface area contributed by atoms with E-state index in [0.29, 0.717) is 6.04 Å². The molecule has 0 saturated heterocycles. The summed E-state index contributed by atoms with van der Waals surface area (Å²) in [5.74, 6) is 2.71. The van der Waals surface area contributed by atoms with Crippen molar-refractivity contribution in [1.29, 1.82) is 0 Å². The Bertz CT molecular complexity index is 425. The molecule has 1 aliphatic rings. The van der Waals surface area contributed by atoms with Crippen LogP contribution in [0.15, 0.2) is 30.8 Å². The minimum Gasteiger partial charge on any atom is -0.321 e. The molecule has 76 valence electrons. The average molecular weight is 198 g/mol. The van der Waals surface area contributed by atoms with E-state index in [4.69, 9.17) is 6.42 Å². The summed E-state index contributed by atoms with van der Waals surface area (Å²) in [5.41, 5.74) is 3.96. The molecule has 0 radical (unpaired) electrons. The molecule has 1 heteroatoms. The predicted octanol–water partition coefficient (Wildman–Crippen LogP) is 0.772. The Labute approximate surface area is 91.4 Å². The number of hydrogen-bond donors (Lipinski definition) is 1. The van der Waals surface area contributed by atoms with Gasteiger partial charge in [0.1, 0.15) is 12.6 Å².